The molecular formula is C17H20O3. The highest BCUT2D eigenvalue weighted by Gasteiger charge is 1.99. The third-order valence-corrected chi connectivity index (χ3v) is 2.59. The minimum absolute atomic E-state index is 0.140. The highest BCUT2D eigenvalue weighted by Crippen LogP contribution is 2.26. The molecule has 0 aliphatic heterocycles. The zero-order valence-electron chi connectivity index (χ0n) is 11.8. The highest BCUT2D eigenvalue weighted by atomic mass is 16.5. The van der Waals surface area contributed by atoms with Gasteiger partial charge in [0.1, 0.15) is 0 Å². The summed E-state index contributed by atoms with van der Waals surface area (Å²) in [6.07, 6.45) is 3.88. The van der Waals surface area contributed by atoms with Gasteiger partial charge < -0.3 is 14.9 Å². The summed E-state index contributed by atoms with van der Waals surface area (Å²) >= 11 is 0. The number of aliphatic hydroxyl groups is 1. The van der Waals surface area contributed by atoms with Crippen LogP contribution in [0, 0.1) is 0 Å². The van der Waals surface area contributed by atoms with Crippen molar-refractivity contribution >= 4 is 6.08 Å². The number of phenolic OH excluding ortho intramolecular Hbond substituents is 1. The van der Waals surface area contributed by atoms with E-state index in [1.54, 1.807) is 12.1 Å². The van der Waals surface area contributed by atoms with Gasteiger partial charge >= 0.3 is 0 Å². The molecule has 2 aromatic rings. The van der Waals surface area contributed by atoms with Crippen LogP contribution in [0.15, 0.2) is 54.6 Å². The summed E-state index contributed by atoms with van der Waals surface area (Å²) in [4.78, 5) is 0. The van der Waals surface area contributed by atoms with E-state index >= 15 is 0 Å². The van der Waals surface area contributed by atoms with Crippen molar-refractivity contribution in [3.63, 3.8) is 0 Å². The van der Waals surface area contributed by atoms with Gasteiger partial charge in [-0.2, -0.15) is 0 Å². The topological polar surface area (TPSA) is 49.7 Å². The number of hydrogen-bond acceptors (Lipinski definition) is 3. The Morgan fingerprint density at radius 3 is 2.30 bits per heavy atom. The van der Waals surface area contributed by atoms with Crippen LogP contribution in [-0.4, -0.2) is 17.3 Å². The van der Waals surface area contributed by atoms with E-state index in [9.17, 15) is 5.11 Å². The number of hydrogen-bond donors (Lipinski definition) is 2. The first-order valence-electron chi connectivity index (χ1n) is 6.35. The van der Waals surface area contributed by atoms with E-state index in [0.29, 0.717) is 5.75 Å². The maximum Gasteiger partial charge on any atom is 0.161 e. The second-order valence-corrected chi connectivity index (χ2v) is 4.07. The molecule has 2 aromatic carbocycles. The average Bonchev–Trinajstić information content (AvgIpc) is 2.51. The minimum Gasteiger partial charge on any atom is -0.504 e. The van der Waals surface area contributed by atoms with Crippen LogP contribution >= 0.6 is 0 Å². The Bertz CT molecular complexity index is 533. The highest BCUT2D eigenvalue weighted by molar-refractivity contribution is 5.55. The lowest BCUT2D eigenvalue weighted by Crippen LogP contribution is -1.83. The number of ether oxygens (including phenoxy) is 1. The molecule has 0 aliphatic carbocycles. The molecule has 2 rings (SSSR count). The number of rotatable bonds is 3. The molecule has 0 bridgehead atoms. The predicted molar refractivity (Wildman–Crippen MR) is 81.7 cm³/mol. The van der Waals surface area contributed by atoms with Crippen LogP contribution in [0.4, 0.5) is 0 Å². The van der Waals surface area contributed by atoms with Gasteiger partial charge in [-0.25, -0.2) is 0 Å². The number of allylic oxidation sites excluding steroid dienone is 1. The van der Waals surface area contributed by atoms with E-state index in [0.717, 1.165) is 11.1 Å². The standard InChI is InChI=1S/C10H12O2.C7H8O/c1-3-4-8-5-6-9(11)10(7-8)12-2;8-6-7-4-2-1-3-5-7/h3-7,11H,1-2H3;1-5,8H,6H2. The maximum atomic E-state index is 9.25. The zero-order valence-corrected chi connectivity index (χ0v) is 11.8. The molecule has 3 heteroatoms. The first kappa shape index (κ1) is 15.8. The summed E-state index contributed by atoms with van der Waals surface area (Å²) in [6, 6.07) is 14.8. The SMILES string of the molecule is CC=Cc1ccc(O)c(OC)c1.OCc1ccccc1. The largest absolute Gasteiger partial charge is 0.504 e. The Morgan fingerprint density at radius 2 is 1.80 bits per heavy atom. The number of benzene rings is 2. The fraction of sp³-hybridized carbons (Fsp3) is 0.176. The molecule has 106 valence electrons. The molecule has 0 saturated heterocycles. The minimum atomic E-state index is 0.140. The second kappa shape index (κ2) is 8.77. The van der Waals surface area contributed by atoms with Crippen molar-refractivity contribution in [2.45, 2.75) is 13.5 Å². The molecule has 0 aliphatic rings. The van der Waals surface area contributed by atoms with Crippen LogP contribution in [0.5, 0.6) is 11.5 Å². The number of aromatic hydroxyl groups is 1. The predicted octanol–water partition coefficient (Wildman–Crippen LogP) is 3.61. The molecule has 0 atom stereocenters. The van der Waals surface area contributed by atoms with Gasteiger partial charge in [0.05, 0.1) is 13.7 Å². The first-order chi connectivity index (χ1) is 9.71. The second-order valence-electron chi connectivity index (χ2n) is 4.07. The smallest absolute Gasteiger partial charge is 0.161 e. The Balaban J connectivity index is 0.000000217. The van der Waals surface area contributed by atoms with Crippen LogP contribution in [0.3, 0.4) is 0 Å². The van der Waals surface area contributed by atoms with Gasteiger partial charge in [0.2, 0.25) is 0 Å². The number of methoxy groups -OCH3 is 1. The van der Waals surface area contributed by atoms with E-state index in [-0.39, 0.29) is 12.4 Å². The van der Waals surface area contributed by atoms with Crippen molar-refractivity contribution in [3.05, 3.63) is 65.7 Å². The normalized spacial score (nSPS) is 9.95. The van der Waals surface area contributed by atoms with Gasteiger partial charge in [0, 0.05) is 0 Å². The van der Waals surface area contributed by atoms with Crippen LogP contribution < -0.4 is 4.74 Å². The summed E-state index contributed by atoms with van der Waals surface area (Å²) in [5, 5.41) is 17.8. The molecule has 3 nitrogen and oxygen atoms in total. The summed E-state index contributed by atoms with van der Waals surface area (Å²) in [5.74, 6) is 0.677. The van der Waals surface area contributed by atoms with E-state index in [2.05, 4.69) is 0 Å². The van der Waals surface area contributed by atoms with Gasteiger partial charge in [-0.1, -0.05) is 48.6 Å². The van der Waals surface area contributed by atoms with Crippen LogP contribution in [-0.2, 0) is 6.61 Å². The molecular weight excluding hydrogens is 252 g/mol. The Morgan fingerprint density at radius 1 is 1.10 bits per heavy atom. The maximum absolute atomic E-state index is 9.25. The van der Waals surface area contributed by atoms with Crippen LogP contribution in [0.25, 0.3) is 6.08 Å². The molecule has 0 heterocycles. The fourth-order valence-electron chi connectivity index (χ4n) is 1.57. The van der Waals surface area contributed by atoms with E-state index < -0.39 is 0 Å². The lowest BCUT2D eigenvalue weighted by atomic mass is 10.2. The molecule has 2 N–H and O–H groups in total. The van der Waals surface area contributed by atoms with E-state index in [1.807, 2.05) is 55.5 Å². The van der Waals surface area contributed by atoms with Crippen molar-refractivity contribution in [3.8, 4) is 11.5 Å². The van der Waals surface area contributed by atoms with Gasteiger partial charge in [0.15, 0.2) is 11.5 Å². The van der Waals surface area contributed by atoms with Crippen molar-refractivity contribution in [1.82, 2.24) is 0 Å². The van der Waals surface area contributed by atoms with Gasteiger partial charge in [-0.05, 0) is 30.2 Å². The van der Waals surface area contributed by atoms with Crippen LogP contribution in [0.2, 0.25) is 0 Å². The fourth-order valence-corrected chi connectivity index (χ4v) is 1.57. The van der Waals surface area contributed by atoms with Crippen molar-refractivity contribution in [2.24, 2.45) is 0 Å². The molecule has 0 saturated carbocycles. The van der Waals surface area contributed by atoms with E-state index in [1.165, 1.54) is 7.11 Å². The summed E-state index contributed by atoms with van der Waals surface area (Å²) in [6.45, 7) is 2.08. The monoisotopic (exact) mass is 272 g/mol. The quantitative estimate of drug-likeness (QED) is 0.897. The lowest BCUT2D eigenvalue weighted by molar-refractivity contribution is 0.282. The number of aliphatic hydroxyl groups excluding tert-OH is 1. The summed E-state index contributed by atoms with van der Waals surface area (Å²) in [7, 11) is 1.54. The molecule has 0 radical (unpaired) electrons. The summed E-state index contributed by atoms with van der Waals surface area (Å²) in [5.41, 5.74) is 1.99. The van der Waals surface area contributed by atoms with Crippen molar-refractivity contribution < 1.29 is 14.9 Å². The van der Waals surface area contributed by atoms with E-state index in [4.69, 9.17) is 9.84 Å². The van der Waals surface area contributed by atoms with Crippen molar-refractivity contribution in [1.29, 1.82) is 0 Å². The lowest BCUT2D eigenvalue weighted by Gasteiger charge is -2.03. The molecule has 0 amide bonds. The third kappa shape index (κ3) is 5.16. The first-order valence-corrected chi connectivity index (χ1v) is 6.35. The Kier molecular flexibility index (Phi) is 6.93. The van der Waals surface area contributed by atoms with Gasteiger partial charge in [-0.15, -0.1) is 0 Å². The molecule has 0 spiro atoms. The number of phenols is 1. The van der Waals surface area contributed by atoms with Crippen LogP contribution in [0.1, 0.15) is 18.1 Å². The van der Waals surface area contributed by atoms with Gasteiger partial charge in [-0.3, -0.25) is 0 Å². The average molecular weight is 272 g/mol. The molecule has 0 unspecified atom stereocenters. The van der Waals surface area contributed by atoms with Crippen molar-refractivity contribution in [2.75, 3.05) is 7.11 Å². The van der Waals surface area contributed by atoms with Gasteiger partial charge in [0.25, 0.3) is 0 Å². The Hall–Kier alpha value is -2.26. The molecule has 0 aromatic heterocycles. The third-order valence-electron chi connectivity index (χ3n) is 2.59. The zero-order chi connectivity index (χ0) is 14.8. The Labute approximate surface area is 119 Å². The summed E-state index contributed by atoms with van der Waals surface area (Å²) < 4.78 is 4.95. The molecule has 0 fully saturated rings. The molecule has 20 heavy (non-hydrogen) atoms.